The highest BCUT2D eigenvalue weighted by atomic mass is 19.1. The van der Waals surface area contributed by atoms with Crippen LogP contribution < -0.4 is 5.48 Å². The van der Waals surface area contributed by atoms with Crippen molar-refractivity contribution in [3.05, 3.63) is 89.5 Å². The molecule has 0 radical (unpaired) electrons. The first-order valence-corrected chi connectivity index (χ1v) is 10.3. The molecule has 0 bridgehead atoms. The Hall–Kier alpha value is -3.09. The first-order valence-electron chi connectivity index (χ1n) is 10.3. The third-order valence-electron chi connectivity index (χ3n) is 5.26. The lowest BCUT2D eigenvalue weighted by molar-refractivity contribution is -0.132. The zero-order valence-electron chi connectivity index (χ0n) is 17.7. The van der Waals surface area contributed by atoms with Gasteiger partial charge >= 0.3 is 0 Å². The van der Waals surface area contributed by atoms with Crippen LogP contribution in [0.25, 0.3) is 11.1 Å². The van der Waals surface area contributed by atoms with Crippen LogP contribution in [0.3, 0.4) is 0 Å². The van der Waals surface area contributed by atoms with E-state index in [1.807, 2.05) is 50.5 Å². The van der Waals surface area contributed by atoms with Gasteiger partial charge in [-0.3, -0.25) is 15.0 Å². The summed E-state index contributed by atoms with van der Waals surface area (Å²) in [6, 6.07) is 16.5. The number of nitrogens with zero attached hydrogens (tertiary/aromatic N) is 1. The molecule has 1 unspecified atom stereocenters. The van der Waals surface area contributed by atoms with Crippen LogP contribution in [0.4, 0.5) is 4.39 Å². The van der Waals surface area contributed by atoms with Crippen molar-refractivity contribution in [3.63, 3.8) is 0 Å². The van der Waals surface area contributed by atoms with E-state index in [1.54, 1.807) is 17.6 Å². The van der Waals surface area contributed by atoms with Crippen LogP contribution in [-0.2, 0) is 16.0 Å². The lowest BCUT2D eigenvalue weighted by Gasteiger charge is -2.27. The van der Waals surface area contributed by atoms with Crippen molar-refractivity contribution in [1.82, 2.24) is 10.5 Å². The summed E-state index contributed by atoms with van der Waals surface area (Å²) in [4.78, 5) is 16.1. The highest BCUT2D eigenvalue weighted by Gasteiger charge is 2.26. The standard InChI is InChI=1S/C25H27FN2O3/c1-3-31-24(14-25(29)28-30)23(20-8-10-22(26)11-9-20)13-18-4-6-19(7-5-18)21-12-17(2)15-27-16-21/h4-12,15-16,23-24,30H,3,13-14H2,1-2H3,(H,28,29)/t23?,24-/m1/s1. The van der Waals surface area contributed by atoms with E-state index in [1.165, 1.54) is 12.1 Å². The fourth-order valence-electron chi connectivity index (χ4n) is 3.73. The Balaban J connectivity index is 1.88. The van der Waals surface area contributed by atoms with Gasteiger partial charge in [0.2, 0.25) is 5.91 Å². The van der Waals surface area contributed by atoms with E-state index in [0.29, 0.717) is 13.0 Å². The molecule has 0 fully saturated rings. The second-order valence-electron chi connectivity index (χ2n) is 7.54. The van der Waals surface area contributed by atoms with Gasteiger partial charge in [-0.2, -0.15) is 0 Å². The molecule has 1 heterocycles. The zero-order chi connectivity index (χ0) is 22.2. The number of benzene rings is 2. The first kappa shape index (κ1) is 22.6. The van der Waals surface area contributed by atoms with Gasteiger partial charge in [-0.05, 0) is 60.7 Å². The predicted octanol–water partition coefficient (Wildman–Crippen LogP) is 4.82. The Morgan fingerprint density at radius 3 is 2.42 bits per heavy atom. The number of hydroxylamine groups is 1. The Bertz CT molecular complexity index is 990. The van der Waals surface area contributed by atoms with Gasteiger partial charge in [-0.1, -0.05) is 36.4 Å². The maximum Gasteiger partial charge on any atom is 0.245 e. The van der Waals surface area contributed by atoms with Gasteiger partial charge < -0.3 is 4.74 Å². The van der Waals surface area contributed by atoms with Gasteiger partial charge in [0.1, 0.15) is 5.82 Å². The minimum atomic E-state index is -0.521. The van der Waals surface area contributed by atoms with Crippen molar-refractivity contribution in [3.8, 4) is 11.1 Å². The molecule has 1 amide bonds. The third kappa shape index (κ3) is 6.20. The van der Waals surface area contributed by atoms with Gasteiger partial charge in [0.15, 0.2) is 0 Å². The molecule has 3 rings (SSSR count). The van der Waals surface area contributed by atoms with Crippen molar-refractivity contribution in [2.75, 3.05) is 6.61 Å². The molecule has 0 aliphatic rings. The number of nitrogens with one attached hydrogen (secondary N) is 1. The lowest BCUT2D eigenvalue weighted by Crippen LogP contribution is -2.31. The summed E-state index contributed by atoms with van der Waals surface area (Å²) < 4.78 is 19.4. The topological polar surface area (TPSA) is 71.5 Å². The number of ether oxygens (including phenoxy) is 1. The summed E-state index contributed by atoms with van der Waals surface area (Å²) in [7, 11) is 0. The van der Waals surface area contributed by atoms with Gasteiger partial charge in [-0.15, -0.1) is 0 Å². The Labute approximate surface area is 181 Å². The fraction of sp³-hybridized carbons (Fsp3) is 0.280. The number of carbonyl (C=O) groups is 1. The van der Waals surface area contributed by atoms with Crippen LogP contribution in [-0.4, -0.2) is 28.8 Å². The zero-order valence-corrected chi connectivity index (χ0v) is 17.7. The quantitative estimate of drug-likeness (QED) is 0.383. The maximum absolute atomic E-state index is 13.5. The number of amides is 1. The lowest BCUT2D eigenvalue weighted by atomic mass is 9.85. The number of hydrogen-bond acceptors (Lipinski definition) is 4. The highest BCUT2D eigenvalue weighted by Crippen LogP contribution is 2.30. The summed E-state index contributed by atoms with van der Waals surface area (Å²) in [5.74, 6) is -1.03. The average molecular weight is 423 g/mol. The maximum atomic E-state index is 13.5. The minimum Gasteiger partial charge on any atom is -0.377 e. The second-order valence-corrected chi connectivity index (χ2v) is 7.54. The Kier molecular flexibility index (Phi) is 7.87. The third-order valence-corrected chi connectivity index (χ3v) is 5.26. The van der Waals surface area contributed by atoms with Crippen LogP contribution in [0.15, 0.2) is 67.0 Å². The van der Waals surface area contributed by atoms with Gasteiger partial charge in [-0.25, -0.2) is 9.87 Å². The van der Waals surface area contributed by atoms with Gasteiger partial charge in [0.25, 0.3) is 0 Å². The van der Waals surface area contributed by atoms with E-state index in [0.717, 1.165) is 27.8 Å². The molecule has 1 aromatic heterocycles. The van der Waals surface area contributed by atoms with Gasteiger partial charge in [0.05, 0.1) is 12.5 Å². The van der Waals surface area contributed by atoms with E-state index in [4.69, 9.17) is 9.94 Å². The SMILES string of the molecule is CCO[C@H](CC(=O)NO)C(Cc1ccc(-c2cncc(C)c2)cc1)c1ccc(F)cc1. The number of aromatic nitrogens is 1. The summed E-state index contributed by atoms with van der Waals surface area (Å²) in [6.45, 7) is 4.28. The van der Waals surface area contributed by atoms with E-state index in [-0.39, 0.29) is 18.2 Å². The molecular formula is C25H27FN2O3. The molecule has 2 N–H and O–H groups in total. The Morgan fingerprint density at radius 1 is 1.10 bits per heavy atom. The molecule has 162 valence electrons. The molecule has 0 aliphatic heterocycles. The van der Waals surface area contributed by atoms with Crippen molar-refractivity contribution < 1.29 is 19.1 Å². The Morgan fingerprint density at radius 2 is 1.81 bits per heavy atom. The molecule has 3 aromatic rings. The molecule has 0 spiro atoms. The predicted molar refractivity (Wildman–Crippen MR) is 117 cm³/mol. The number of hydrogen-bond donors (Lipinski definition) is 2. The molecule has 6 heteroatoms. The molecule has 2 atom stereocenters. The van der Waals surface area contributed by atoms with Crippen LogP contribution >= 0.6 is 0 Å². The van der Waals surface area contributed by atoms with Crippen LogP contribution in [0, 0.1) is 12.7 Å². The summed E-state index contributed by atoms with van der Waals surface area (Å²) in [5, 5.41) is 8.98. The number of carbonyl (C=O) groups excluding carboxylic acids is 1. The molecule has 31 heavy (non-hydrogen) atoms. The van der Waals surface area contributed by atoms with Crippen LogP contribution in [0.5, 0.6) is 0 Å². The fourth-order valence-corrected chi connectivity index (χ4v) is 3.73. The van der Waals surface area contributed by atoms with E-state index >= 15 is 0 Å². The monoisotopic (exact) mass is 422 g/mol. The number of aryl methyl sites for hydroxylation is 1. The van der Waals surface area contributed by atoms with E-state index in [9.17, 15) is 9.18 Å². The minimum absolute atomic E-state index is 0.000567. The molecule has 0 saturated heterocycles. The van der Waals surface area contributed by atoms with E-state index < -0.39 is 12.0 Å². The molecule has 0 saturated carbocycles. The largest absolute Gasteiger partial charge is 0.377 e. The van der Waals surface area contributed by atoms with Crippen molar-refractivity contribution >= 4 is 5.91 Å². The number of halogens is 1. The van der Waals surface area contributed by atoms with Crippen LogP contribution in [0.2, 0.25) is 0 Å². The highest BCUT2D eigenvalue weighted by molar-refractivity contribution is 5.75. The summed E-state index contributed by atoms with van der Waals surface area (Å²) in [6.07, 6.45) is 3.79. The summed E-state index contributed by atoms with van der Waals surface area (Å²) >= 11 is 0. The average Bonchev–Trinajstić information content (AvgIpc) is 2.78. The molecular weight excluding hydrogens is 395 g/mol. The normalized spacial score (nSPS) is 12.9. The molecule has 2 aromatic carbocycles. The number of pyridine rings is 1. The van der Waals surface area contributed by atoms with Crippen molar-refractivity contribution in [2.45, 2.75) is 38.7 Å². The second kappa shape index (κ2) is 10.8. The first-order chi connectivity index (χ1) is 15.0. The van der Waals surface area contributed by atoms with Gasteiger partial charge in [0, 0.05) is 30.5 Å². The van der Waals surface area contributed by atoms with Crippen LogP contribution in [0.1, 0.15) is 36.0 Å². The molecule has 0 aliphatic carbocycles. The summed E-state index contributed by atoms with van der Waals surface area (Å²) in [5.41, 5.74) is 6.83. The number of rotatable bonds is 9. The van der Waals surface area contributed by atoms with Crippen molar-refractivity contribution in [1.29, 1.82) is 0 Å². The van der Waals surface area contributed by atoms with Crippen molar-refractivity contribution in [2.24, 2.45) is 0 Å². The smallest absolute Gasteiger partial charge is 0.245 e. The van der Waals surface area contributed by atoms with E-state index in [2.05, 4.69) is 11.1 Å². The molecule has 5 nitrogen and oxygen atoms in total.